The Morgan fingerprint density at radius 2 is 1.71 bits per heavy atom. The van der Waals surface area contributed by atoms with Gasteiger partial charge in [-0.15, -0.1) is 0 Å². The molecule has 0 atom stereocenters. The van der Waals surface area contributed by atoms with Crippen molar-refractivity contribution in [2.24, 2.45) is 5.41 Å². The zero-order valence-electron chi connectivity index (χ0n) is 12.9. The molecular weight excluding hydrogens is 268 g/mol. The van der Waals surface area contributed by atoms with Gasteiger partial charge < -0.3 is 15.4 Å². The van der Waals surface area contributed by atoms with Crippen LogP contribution in [0.2, 0.25) is 0 Å². The molecule has 1 aromatic carbocycles. The molecule has 0 aliphatic rings. The topological polar surface area (TPSA) is 67.4 Å². The molecule has 21 heavy (non-hydrogen) atoms. The average molecular weight is 292 g/mol. The van der Waals surface area contributed by atoms with Crippen molar-refractivity contribution in [3.8, 4) is 5.75 Å². The smallest absolute Gasteiger partial charge is 0.225 e. The molecule has 0 spiro atoms. The molecule has 0 heterocycles. The summed E-state index contributed by atoms with van der Waals surface area (Å²) in [4.78, 5) is 23.2. The largest absolute Gasteiger partial charge is 0.492 e. The number of benzene rings is 1. The molecule has 1 rings (SSSR count). The first kappa shape index (κ1) is 17.0. The van der Waals surface area contributed by atoms with Crippen LogP contribution in [0.1, 0.15) is 27.2 Å². The molecule has 0 aliphatic heterocycles. The Balaban J connectivity index is 2.08. The molecule has 0 aromatic heterocycles. The lowest BCUT2D eigenvalue weighted by atomic mass is 9.96. The minimum atomic E-state index is -0.431. The second kappa shape index (κ2) is 8.29. The second-order valence-corrected chi connectivity index (χ2v) is 5.77. The molecule has 2 amide bonds. The second-order valence-electron chi connectivity index (χ2n) is 5.77. The van der Waals surface area contributed by atoms with Gasteiger partial charge in [-0.3, -0.25) is 9.59 Å². The van der Waals surface area contributed by atoms with E-state index < -0.39 is 5.41 Å². The van der Waals surface area contributed by atoms with Gasteiger partial charge in [-0.25, -0.2) is 0 Å². The molecular formula is C16H24N2O3. The number of hydrogen-bond acceptors (Lipinski definition) is 3. The van der Waals surface area contributed by atoms with Gasteiger partial charge in [-0.2, -0.15) is 0 Å². The summed E-state index contributed by atoms with van der Waals surface area (Å²) in [6, 6.07) is 9.44. The highest BCUT2D eigenvalue weighted by molar-refractivity contribution is 5.82. The first-order chi connectivity index (χ1) is 9.89. The van der Waals surface area contributed by atoms with Crippen molar-refractivity contribution in [2.75, 3.05) is 19.7 Å². The van der Waals surface area contributed by atoms with Gasteiger partial charge >= 0.3 is 0 Å². The highest BCUT2D eigenvalue weighted by Crippen LogP contribution is 2.12. The maximum Gasteiger partial charge on any atom is 0.225 e. The number of hydrogen-bond donors (Lipinski definition) is 2. The van der Waals surface area contributed by atoms with E-state index in [-0.39, 0.29) is 18.2 Å². The quantitative estimate of drug-likeness (QED) is 0.752. The fourth-order valence-electron chi connectivity index (χ4n) is 1.52. The van der Waals surface area contributed by atoms with E-state index in [1.807, 2.05) is 51.1 Å². The van der Waals surface area contributed by atoms with E-state index in [0.717, 1.165) is 5.75 Å². The van der Waals surface area contributed by atoms with E-state index >= 15 is 0 Å². The maximum atomic E-state index is 11.6. The van der Waals surface area contributed by atoms with E-state index in [1.54, 1.807) is 0 Å². The fourth-order valence-corrected chi connectivity index (χ4v) is 1.52. The Morgan fingerprint density at radius 3 is 2.33 bits per heavy atom. The van der Waals surface area contributed by atoms with Crippen LogP contribution in [-0.4, -0.2) is 31.5 Å². The molecule has 0 aliphatic carbocycles. The molecule has 116 valence electrons. The lowest BCUT2D eigenvalue weighted by Gasteiger charge is -2.17. The van der Waals surface area contributed by atoms with Crippen molar-refractivity contribution in [1.29, 1.82) is 0 Å². The van der Waals surface area contributed by atoms with Crippen molar-refractivity contribution in [2.45, 2.75) is 27.2 Å². The first-order valence-electron chi connectivity index (χ1n) is 7.12. The van der Waals surface area contributed by atoms with E-state index in [2.05, 4.69) is 10.6 Å². The van der Waals surface area contributed by atoms with Crippen molar-refractivity contribution in [1.82, 2.24) is 10.6 Å². The number of ether oxygens (including phenoxy) is 1. The van der Waals surface area contributed by atoms with Crippen LogP contribution in [0.3, 0.4) is 0 Å². The van der Waals surface area contributed by atoms with Gasteiger partial charge in [0.05, 0.1) is 6.54 Å². The normalized spacial score (nSPS) is 10.8. The lowest BCUT2D eigenvalue weighted by Crippen LogP contribution is -2.37. The molecule has 0 saturated heterocycles. The molecule has 5 nitrogen and oxygen atoms in total. The maximum absolute atomic E-state index is 11.6. The van der Waals surface area contributed by atoms with Gasteiger partial charge in [0.2, 0.25) is 11.8 Å². The van der Waals surface area contributed by atoms with E-state index in [0.29, 0.717) is 19.7 Å². The van der Waals surface area contributed by atoms with Crippen LogP contribution >= 0.6 is 0 Å². The van der Waals surface area contributed by atoms with Gasteiger partial charge in [0, 0.05) is 18.4 Å². The summed E-state index contributed by atoms with van der Waals surface area (Å²) in [5.74, 6) is 0.632. The monoisotopic (exact) mass is 292 g/mol. The lowest BCUT2D eigenvalue weighted by molar-refractivity contribution is -0.128. The summed E-state index contributed by atoms with van der Waals surface area (Å²) < 4.78 is 5.46. The average Bonchev–Trinajstić information content (AvgIpc) is 2.43. The van der Waals surface area contributed by atoms with Crippen molar-refractivity contribution < 1.29 is 14.3 Å². The number of nitrogens with one attached hydrogen (secondary N) is 2. The zero-order valence-corrected chi connectivity index (χ0v) is 12.9. The Bertz CT molecular complexity index is 452. The fraction of sp³-hybridized carbons (Fsp3) is 0.500. The Hall–Kier alpha value is -2.04. The first-order valence-corrected chi connectivity index (χ1v) is 7.12. The molecule has 0 bridgehead atoms. The number of para-hydroxylation sites is 1. The van der Waals surface area contributed by atoms with Gasteiger partial charge in [0.25, 0.3) is 0 Å². The summed E-state index contributed by atoms with van der Waals surface area (Å²) in [7, 11) is 0. The summed E-state index contributed by atoms with van der Waals surface area (Å²) in [6.45, 7) is 6.72. The van der Waals surface area contributed by atoms with Crippen LogP contribution in [0, 0.1) is 5.41 Å². The molecule has 0 fully saturated rings. The molecule has 5 heteroatoms. The predicted octanol–water partition coefficient (Wildman–Crippen LogP) is 1.73. The van der Waals surface area contributed by atoms with Gasteiger partial charge in [0.1, 0.15) is 12.4 Å². The van der Waals surface area contributed by atoms with Crippen LogP contribution in [0.4, 0.5) is 0 Å². The predicted molar refractivity (Wildman–Crippen MR) is 82.0 cm³/mol. The van der Waals surface area contributed by atoms with E-state index in [4.69, 9.17) is 4.74 Å². The van der Waals surface area contributed by atoms with Crippen molar-refractivity contribution >= 4 is 11.8 Å². The Kier molecular flexibility index (Phi) is 6.72. The Labute approximate surface area is 126 Å². The van der Waals surface area contributed by atoms with Gasteiger partial charge in [0.15, 0.2) is 0 Å². The van der Waals surface area contributed by atoms with Crippen LogP contribution < -0.4 is 15.4 Å². The van der Waals surface area contributed by atoms with Crippen LogP contribution in [0.5, 0.6) is 5.75 Å². The van der Waals surface area contributed by atoms with Crippen molar-refractivity contribution in [3.05, 3.63) is 30.3 Å². The summed E-state index contributed by atoms with van der Waals surface area (Å²) in [5.41, 5.74) is -0.431. The standard InChI is InChI=1S/C16H24N2O3/c1-16(2,3)15(20)18-10-9-14(19)17-11-12-21-13-7-5-4-6-8-13/h4-8H,9-12H2,1-3H3,(H,17,19)(H,18,20). The summed E-state index contributed by atoms with van der Waals surface area (Å²) in [5, 5.41) is 5.49. The van der Waals surface area contributed by atoms with Crippen LogP contribution in [0.25, 0.3) is 0 Å². The van der Waals surface area contributed by atoms with Gasteiger partial charge in [-0.05, 0) is 12.1 Å². The van der Waals surface area contributed by atoms with Crippen LogP contribution in [-0.2, 0) is 9.59 Å². The highest BCUT2D eigenvalue weighted by atomic mass is 16.5. The summed E-state index contributed by atoms with van der Waals surface area (Å²) in [6.07, 6.45) is 0.271. The highest BCUT2D eigenvalue weighted by Gasteiger charge is 2.20. The summed E-state index contributed by atoms with van der Waals surface area (Å²) >= 11 is 0. The number of carbonyl (C=O) groups excluding carboxylic acids is 2. The third kappa shape index (κ3) is 7.34. The molecule has 1 aromatic rings. The zero-order chi connectivity index (χ0) is 15.7. The number of carbonyl (C=O) groups is 2. The minimum Gasteiger partial charge on any atom is -0.492 e. The van der Waals surface area contributed by atoms with E-state index in [9.17, 15) is 9.59 Å². The third-order valence-corrected chi connectivity index (χ3v) is 2.75. The van der Waals surface area contributed by atoms with Crippen molar-refractivity contribution in [3.63, 3.8) is 0 Å². The Morgan fingerprint density at radius 1 is 1.05 bits per heavy atom. The number of amides is 2. The third-order valence-electron chi connectivity index (χ3n) is 2.75. The molecule has 0 radical (unpaired) electrons. The molecule has 0 unspecified atom stereocenters. The minimum absolute atomic E-state index is 0.0530. The van der Waals surface area contributed by atoms with Crippen LogP contribution in [0.15, 0.2) is 30.3 Å². The molecule has 0 saturated carbocycles. The SMILES string of the molecule is CC(C)(C)C(=O)NCCC(=O)NCCOc1ccccc1. The molecule has 2 N–H and O–H groups in total. The number of rotatable bonds is 7. The van der Waals surface area contributed by atoms with E-state index in [1.165, 1.54) is 0 Å². The van der Waals surface area contributed by atoms with Gasteiger partial charge in [-0.1, -0.05) is 39.0 Å².